The molecule has 0 aliphatic heterocycles. The van der Waals surface area contributed by atoms with Gasteiger partial charge in [0.05, 0.1) is 15.9 Å². The zero-order valence-electron chi connectivity index (χ0n) is 15.0. The summed E-state index contributed by atoms with van der Waals surface area (Å²) in [6.07, 6.45) is 1.81. The zero-order valence-corrected chi connectivity index (χ0v) is 16.8. The second kappa shape index (κ2) is 5.79. The van der Waals surface area contributed by atoms with Crippen molar-refractivity contribution in [2.24, 2.45) is 0 Å². The Bertz CT molecular complexity index is 1220. The molecule has 2 aromatic heterocycles. The molecule has 4 rings (SSSR count). The van der Waals surface area contributed by atoms with Crippen molar-refractivity contribution in [3.63, 3.8) is 0 Å². The van der Waals surface area contributed by atoms with Crippen LogP contribution in [-0.2, 0) is 10.0 Å². The predicted molar refractivity (Wildman–Crippen MR) is 109 cm³/mol. The van der Waals surface area contributed by atoms with Gasteiger partial charge in [0.1, 0.15) is 8.07 Å². The van der Waals surface area contributed by atoms with E-state index in [0.29, 0.717) is 10.4 Å². The second-order valence-electron chi connectivity index (χ2n) is 7.44. The average Bonchev–Trinajstić information content (AvgIpc) is 3.04. The molecule has 0 unspecified atom stereocenters. The summed E-state index contributed by atoms with van der Waals surface area (Å²) in [5.74, 6) is 0. The van der Waals surface area contributed by atoms with Gasteiger partial charge in [-0.1, -0.05) is 62.1 Å². The van der Waals surface area contributed by atoms with Gasteiger partial charge in [-0.05, 0) is 18.2 Å². The van der Waals surface area contributed by atoms with Crippen LogP contribution in [0.4, 0.5) is 0 Å². The Labute approximate surface area is 154 Å². The van der Waals surface area contributed by atoms with Gasteiger partial charge in [0, 0.05) is 22.3 Å². The molecule has 0 aliphatic carbocycles. The SMILES string of the molecule is C[Si](C)(C)c1cc2ncc3ccccc3c2n1S(=O)(=O)c1ccccc1. The first-order valence-corrected chi connectivity index (χ1v) is 13.4. The Morgan fingerprint density at radius 1 is 0.923 bits per heavy atom. The van der Waals surface area contributed by atoms with E-state index in [1.807, 2.05) is 42.6 Å². The first-order chi connectivity index (χ1) is 12.3. The molecule has 0 amide bonds. The lowest BCUT2D eigenvalue weighted by atomic mass is 10.1. The molecule has 4 nitrogen and oxygen atoms in total. The van der Waals surface area contributed by atoms with Gasteiger partial charge >= 0.3 is 0 Å². The monoisotopic (exact) mass is 380 g/mol. The maximum Gasteiger partial charge on any atom is 0.268 e. The van der Waals surface area contributed by atoms with Gasteiger partial charge in [0.25, 0.3) is 10.0 Å². The van der Waals surface area contributed by atoms with Crippen molar-refractivity contribution >= 4 is 45.2 Å². The number of pyridine rings is 1. The number of fused-ring (bicyclic) bond motifs is 3. The van der Waals surface area contributed by atoms with E-state index in [2.05, 4.69) is 24.6 Å². The molecule has 0 radical (unpaired) electrons. The van der Waals surface area contributed by atoms with Crippen LogP contribution in [0.25, 0.3) is 21.8 Å². The van der Waals surface area contributed by atoms with Crippen LogP contribution >= 0.6 is 0 Å². The minimum absolute atomic E-state index is 0.296. The molecule has 26 heavy (non-hydrogen) atoms. The fraction of sp³-hybridized carbons (Fsp3) is 0.150. The highest BCUT2D eigenvalue weighted by Gasteiger charge is 2.31. The topological polar surface area (TPSA) is 52.0 Å². The van der Waals surface area contributed by atoms with Gasteiger partial charge in [-0.25, -0.2) is 12.4 Å². The molecule has 2 aromatic carbocycles. The second-order valence-corrected chi connectivity index (χ2v) is 14.2. The number of hydrogen-bond acceptors (Lipinski definition) is 3. The maximum atomic E-state index is 13.6. The van der Waals surface area contributed by atoms with Crippen LogP contribution in [0.1, 0.15) is 0 Å². The van der Waals surface area contributed by atoms with Crippen molar-refractivity contribution in [1.82, 2.24) is 8.96 Å². The number of aromatic nitrogens is 2. The van der Waals surface area contributed by atoms with E-state index in [1.165, 1.54) is 0 Å². The molecular weight excluding hydrogens is 360 g/mol. The van der Waals surface area contributed by atoms with Crippen LogP contribution in [-0.4, -0.2) is 25.4 Å². The van der Waals surface area contributed by atoms with E-state index in [4.69, 9.17) is 0 Å². The number of rotatable bonds is 3. The molecule has 2 heterocycles. The van der Waals surface area contributed by atoms with Crippen molar-refractivity contribution in [2.75, 3.05) is 0 Å². The lowest BCUT2D eigenvalue weighted by molar-refractivity contribution is 0.590. The minimum atomic E-state index is -3.72. The highest BCUT2D eigenvalue weighted by molar-refractivity contribution is 7.90. The molecule has 0 saturated heterocycles. The van der Waals surface area contributed by atoms with Crippen LogP contribution < -0.4 is 5.32 Å². The normalized spacial score (nSPS) is 12.7. The summed E-state index contributed by atoms with van der Waals surface area (Å²) >= 11 is 0. The van der Waals surface area contributed by atoms with E-state index in [0.717, 1.165) is 21.6 Å². The van der Waals surface area contributed by atoms with Crippen molar-refractivity contribution in [3.05, 3.63) is 66.9 Å². The van der Waals surface area contributed by atoms with Crippen LogP contribution in [0.15, 0.2) is 71.8 Å². The predicted octanol–water partition coefficient (Wildman–Crippen LogP) is 3.97. The smallest absolute Gasteiger partial charge is 0.254 e. The summed E-state index contributed by atoms with van der Waals surface area (Å²) in [7, 11) is -5.66. The van der Waals surface area contributed by atoms with Gasteiger partial charge in [-0.2, -0.15) is 0 Å². The Balaban J connectivity index is 2.21. The maximum absolute atomic E-state index is 13.6. The van der Waals surface area contributed by atoms with Crippen molar-refractivity contribution in [2.45, 2.75) is 24.5 Å². The van der Waals surface area contributed by atoms with Gasteiger partial charge in [0.2, 0.25) is 0 Å². The third-order valence-corrected chi connectivity index (χ3v) is 8.34. The highest BCUT2D eigenvalue weighted by Crippen LogP contribution is 2.28. The van der Waals surface area contributed by atoms with Crippen LogP contribution in [0, 0.1) is 0 Å². The molecule has 0 bridgehead atoms. The highest BCUT2D eigenvalue weighted by atomic mass is 32.2. The third-order valence-electron chi connectivity index (χ3n) is 4.55. The first-order valence-electron chi connectivity index (χ1n) is 8.50. The minimum Gasteiger partial charge on any atom is -0.254 e. The molecule has 0 N–H and O–H groups in total. The summed E-state index contributed by atoms with van der Waals surface area (Å²) in [4.78, 5) is 4.84. The van der Waals surface area contributed by atoms with Gasteiger partial charge in [-0.15, -0.1) is 0 Å². The zero-order chi connectivity index (χ0) is 18.5. The molecule has 0 atom stereocenters. The molecule has 0 fully saturated rings. The summed E-state index contributed by atoms with van der Waals surface area (Å²) in [5, 5.41) is 2.70. The van der Waals surface area contributed by atoms with Crippen molar-refractivity contribution in [1.29, 1.82) is 0 Å². The number of hydrogen-bond donors (Lipinski definition) is 0. The lowest BCUT2D eigenvalue weighted by Crippen LogP contribution is -2.44. The van der Waals surface area contributed by atoms with Crippen LogP contribution in [0.5, 0.6) is 0 Å². The quantitative estimate of drug-likeness (QED) is 0.505. The summed E-state index contributed by atoms with van der Waals surface area (Å²) < 4.78 is 28.7. The van der Waals surface area contributed by atoms with E-state index in [9.17, 15) is 8.42 Å². The third kappa shape index (κ3) is 2.57. The Kier molecular flexibility index (Phi) is 3.78. The molecule has 4 aromatic rings. The standard InChI is InChI=1S/C20H20N2O2SSi/c1-26(2,3)19-13-18-20(17-12-8-7-9-15(17)14-21-18)22(19)25(23,24)16-10-5-4-6-11-16/h4-14H,1-3H3. The fourth-order valence-corrected chi connectivity index (χ4v) is 7.19. The van der Waals surface area contributed by atoms with E-state index in [1.54, 1.807) is 28.2 Å². The average molecular weight is 381 g/mol. The lowest BCUT2D eigenvalue weighted by Gasteiger charge is -2.20. The largest absolute Gasteiger partial charge is 0.268 e. The molecular formula is C20H20N2O2SSi. The van der Waals surface area contributed by atoms with Gasteiger partial charge < -0.3 is 0 Å². The Morgan fingerprint density at radius 2 is 1.58 bits per heavy atom. The first kappa shape index (κ1) is 17.0. The summed E-state index contributed by atoms with van der Waals surface area (Å²) in [6.45, 7) is 6.46. The summed E-state index contributed by atoms with van der Waals surface area (Å²) in [6, 6.07) is 18.4. The number of benzene rings is 2. The van der Waals surface area contributed by atoms with Crippen molar-refractivity contribution < 1.29 is 8.42 Å². The number of nitrogens with zero attached hydrogens (tertiary/aromatic N) is 2. The Morgan fingerprint density at radius 3 is 2.27 bits per heavy atom. The van der Waals surface area contributed by atoms with E-state index < -0.39 is 18.1 Å². The van der Waals surface area contributed by atoms with Crippen molar-refractivity contribution in [3.8, 4) is 0 Å². The molecule has 0 saturated carbocycles. The molecule has 6 heteroatoms. The van der Waals surface area contributed by atoms with Gasteiger partial charge in [-0.3, -0.25) is 4.98 Å². The van der Waals surface area contributed by atoms with Crippen LogP contribution in [0.2, 0.25) is 19.6 Å². The molecule has 132 valence electrons. The van der Waals surface area contributed by atoms with Crippen LogP contribution in [0.3, 0.4) is 0 Å². The van der Waals surface area contributed by atoms with E-state index >= 15 is 0 Å². The Hall–Kier alpha value is -2.44. The summed E-state index contributed by atoms with van der Waals surface area (Å²) in [5.41, 5.74) is 1.39. The van der Waals surface area contributed by atoms with Gasteiger partial charge in [0.15, 0.2) is 0 Å². The molecule has 0 aliphatic rings. The fourth-order valence-electron chi connectivity index (χ4n) is 3.26. The van der Waals surface area contributed by atoms with E-state index in [-0.39, 0.29) is 0 Å². The molecule has 0 spiro atoms.